The van der Waals surface area contributed by atoms with Gasteiger partial charge in [-0.3, -0.25) is 9.10 Å². The summed E-state index contributed by atoms with van der Waals surface area (Å²) >= 11 is 0. The molecule has 116 valence electrons. The molecule has 1 aliphatic heterocycles. The Morgan fingerprint density at radius 1 is 1.29 bits per heavy atom. The topological polar surface area (TPSA) is 66.5 Å². The number of anilines is 1. The van der Waals surface area contributed by atoms with E-state index in [9.17, 15) is 13.2 Å². The summed E-state index contributed by atoms with van der Waals surface area (Å²) in [4.78, 5) is 12.1. The van der Waals surface area contributed by atoms with Crippen LogP contribution in [0.15, 0.2) is 18.2 Å². The Morgan fingerprint density at radius 2 is 2.00 bits per heavy atom. The predicted octanol–water partition coefficient (Wildman–Crippen LogP) is 2.06. The number of hydrogen-bond acceptors (Lipinski definition) is 3. The minimum atomic E-state index is -3.26. The molecule has 1 N–H and O–H groups in total. The summed E-state index contributed by atoms with van der Waals surface area (Å²) in [7, 11) is -3.26. The third-order valence-corrected chi connectivity index (χ3v) is 5.36. The lowest BCUT2D eigenvalue weighted by Gasteiger charge is -2.29. The van der Waals surface area contributed by atoms with E-state index in [1.807, 2.05) is 20.8 Å². The lowest BCUT2D eigenvalue weighted by molar-refractivity contribution is 0.0943. The van der Waals surface area contributed by atoms with Gasteiger partial charge in [0, 0.05) is 18.2 Å². The van der Waals surface area contributed by atoms with Gasteiger partial charge in [-0.1, -0.05) is 6.07 Å². The standard InChI is InChI=1S/C15H22N2O3S/c1-11(2)16-15(18)13-7-6-12(3)14(10-13)17-8-4-5-9-21(17,19)20/h6-7,10-11H,4-5,8-9H2,1-3H3,(H,16,18). The molecule has 1 saturated heterocycles. The van der Waals surface area contributed by atoms with E-state index >= 15 is 0 Å². The zero-order chi connectivity index (χ0) is 15.6. The zero-order valence-electron chi connectivity index (χ0n) is 12.7. The van der Waals surface area contributed by atoms with Gasteiger partial charge in [-0.15, -0.1) is 0 Å². The molecule has 6 heteroatoms. The van der Waals surface area contributed by atoms with Crippen molar-refractivity contribution in [1.82, 2.24) is 5.32 Å². The van der Waals surface area contributed by atoms with E-state index in [-0.39, 0.29) is 17.7 Å². The average Bonchev–Trinajstić information content (AvgIpc) is 2.38. The highest BCUT2D eigenvalue weighted by atomic mass is 32.2. The van der Waals surface area contributed by atoms with E-state index in [0.717, 1.165) is 12.0 Å². The summed E-state index contributed by atoms with van der Waals surface area (Å²) in [6.45, 7) is 6.13. The molecule has 0 radical (unpaired) electrons. The number of carbonyl (C=O) groups is 1. The molecule has 0 aromatic heterocycles. The lowest BCUT2D eigenvalue weighted by Crippen LogP contribution is -2.38. The molecule has 0 atom stereocenters. The summed E-state index contributed by atoms with van der Waals surface area (Å²) in [6, 6.07) is 5.25. The van der Waals surface area contributed by atoms with Gasteiger partial charge in [0.05, 0.1) is 11.4 Å². The fraction of sp³-hybridized carbons (Fsp3) is 0.533. The molecule has 0 unspecified atom stereocenters. The maximum atomic E-state index is 12.2. The van der Waals surface area contributed by atoms with Crippen LogP contribution in [0.5, 0.6) is 0 Å². The van der Waals surface area contributed by atoms with E-state index in [1.54, 1.807) is 18.2 Å². The van der Waals surface area contributed by atoms with Gasteiger partial charge in [0.15, 0.2) is 0 Å². The number of hydrogen-bond donors (Lipinski definition) is 1. The molecule has 0 spiro atoms. The maximum Gasteiger partial charge on any atom is 0.251 e. The number of benzene rings is 1. The van der Waals surface area contributed by atoms with Gasteiger partial charge in [-0.05, 0) is 51.3 Å². The third kappa shape index (κ3) is 3.56. The number of aryl methyl sites for hydroxylation is 1. The first-order valence-corrected chi connectivity index (χ1v) is 8.84. The highest BCUT2D eigenvalue weighted by Crippen LogP contribution is 2.27. The molecule has 0 aliphatic carbocycles. The van der Waals surface area contributed by atoms with Gasteiger partial charge in [0.1, 0.15) is 0 Å². The van der Waals surface area contributed by atoms with Crippen molar-refractivity contribution in [1.29, 1.82) is 0 Å². The van der Waals surface area contributed by atoms with Gasteiger partial charge in [0.2, 0.25) is 10.0 Å². The highest BCUT2D eigenvalue weighted by Gasteiger charge is 2.27. The van der Waals surface area contributed by atoms with Gasteiger partial charge in [-0.2, -0.15) is 0 Å². The number of nitrogens with zero attached hydrogens (tertiary/aromatic N) is 1. The normalized spacial score (nSPS) is 17.8. The van der Waals surface area contributed by atoms with Crippen LogP contribution in [0.4, 0.5) is 5.69 Å². The van der Waals surface area contributed by atoms with Gasteiger partial charge in [0.25, 0.3) is 5.91 Å². The van der Waals surface area contributed by atoms with Gasteiger partial charge < -0.3 is 5.32 Å². The maximum absolute atomic E-state index is 12.2. The van der Waals surface area contributed by atoms with Crippen molar-refractivity contribution >= 4 is 21.6 Å². The Morgan fingerprint density at radius 3 is 2.62 bits per heavy atom. The summed E-state index contributed by atoms with van der Waals surface area (Å²) < 4.78 is 25.9. The Kier molecular flexibility index (Phi) is 4.56. The lowest BCUT2D eigenvalue weighted by atomic mass is 10.1. The number of amides is 1. The molecule has 2 rings (SSSR count). The Labute approximate surface area is 126 Å². The van der Waals surface area contributed by atoms with Crippen molar-refractivity contribution < 1.29 is 13.2 Å². The van der Waals surface area contributed by atoms with Crippen molar-refractivity contribution in [2.24, 2.45) is 0 Å². The first-order valence-electron chi connectivity index (χ1n) is 7.23. The van der Waals surface area contributed by atoms with Crippen molar-refractivity contribution in [2.75, 3.05) is 16.6 Å². The molecule has 1 heterocycles. The Bertz CT molecular complexity index is 638. The van der Waals surface area contributed by atoms with Crippen LogP contribution in [0.3, 0.4) is 0 Å². The molecule has 1 aromatic rings. The SMILES string of the molecule is Cc1ccc(C(=O)NC(C)C)cc1N1CCCCS1(=O)=O. The fourth-order valence-corrected chi connectivity index (χ4v) is 4.12. The molecule has 1 fully saturated rings. The second-order valence-electron chi connectivity index (χ2n) is 5.72. The minimum Gasteiger partial charge on any atom is -0.350 e. The second-order valence-corrected chi connectivity index (χ2v) is 7.74. The fourth-order valence-electron chi connectivity index (χ4n) is 2.42. The van der Waals surface area contributed by atoms with Crippen LogP contribution < -0.4 is 9.62 Å². The summed E-state index contributed by atoms with van der Waals surface area (Å²) in [5.74, 6) is -0.00449. The van der Waals surface area contributed by atoms with Crippen molar-refractivity contribution in [3.63, 3.8) is 0 Å². The van der Waals surface area contributed by atoms with Crippen LogP contribution in [0, 0.1) is 6.92 Å². The first kappa shape index (κ1) is 15.8. The number of rotatable bonds is 3. The third-order valence-electron chi connectivity index (χ3n) is 3.51. The quantitative estimate of drug-likeness (QED) is 0.929. The van der Waals surface area contributed by atoms with E-state index in [1.165, 1.54) is 4.31 Å². The van der Waals surface area contributed by atoms with Crippen LogP contribution in [0.2, 0.25) is 0 Å². The molecule has 0 saturated carbocycles. The molecule has 1 amide bonds. The molecular formula is C15H22N2O3S. The van der Waals surface area contributed by atoms with Crippen LogP contribution in [0.25, 0.3) is 0 Å². The average molecular weight is 310 g/mol. The minimum absolute atomic E-state index is 0.0426. The van der Waals surface area contributed by atoms with Crippen LogP contribution >= 0.6 is 0 Å². The number of nitrogens with one attached hydrogen (secondary N) is 1. The van der Waals surface area contributed by atoms with E-state index in [2.05, 4.69) is 5.32 Å². The summed E-state index contributed by atoms with van der Waals surface area (Å²) in [5.41, 5.74) is 1.97. The second kappa shape index (κ2) is 6.05. The van der Waals surface area contributed by atoms with E-state index < -0.39 is 10.0 Å². The van der Waals surface area contributed by atoms with Crippen molar-refractivity contribution in [2.45, 2.75) is 39.7 Å². The molecule has 0 bridgehead atoms. The summed E-state index contributed by atoms with van der Waals surface area (Å²) in [5, 5.41) is 2.82. The summed E-state index contributed by atoms with van der Waals surface area (Å²) in [6.07, 6.45) is 1.55. The van der Waals surface area contributed by atoms with E-state index in [4.69, 9.17) is 0 Å². The monoisotopic (exact) mass is 310 g/mol. The molecular weight excluding hydrogens is 288 g/mol. The smallest absolute Gasteiger partial charge is 0.251 e. The Hall–Kier alpha value is -1.56. The molecule has 1 aliphatic rings. The van der Waals surface area contributed by atoms with Crippen LogP contribution in [-0.4, -0.2) is 32.7 Å². The van der Waals surface area contributed by atoms with E-state index in [0.29, 0.717) is 24.2 Å². The molecule has 1 aromatic carbocycles. The van der Waals surface area contributed by atoms with Gasteiger partial charge in [-0.25, -0.2) is 8.42 Å². The number of sulfonamides is 1. The molecule has 21 heavy (non-hydrogen) atoms. The van der Waals surface area contributed by atoms with Gasteiger partial charge >= 0.3 is 0 Å². The van der Waals surface area contributed by atoms with Crippen molar-refractivity contribution in [3.8, 4) is 0 Å². The zero-order valence-corrected chi connectivity index (χ0v) is 13.5. The Balaban J connectivity index is 2.37. The number of carbonyl (C=O) groups excluding carboxylic acids is 1. The predicted molar refractivity (Wildman–Crippen MR) is 84.1 cm³/mol. The first-order chi connectivity index (χ1) is 9.81. The largest absolute Gasteiger partial charge is 0.350 e. The van der Waals surface area contributed by atoms with Crippen molar-refractivity contribution in [3.05, 3.63) is 29.3 Å². The highest BCUT2D eigenvalue weighted by molar-refractivity contribution is 7.92. The van der Waals surface area contributed by atoms with Crippen LogP contribution in [0.1, 0.15) is 42.6 Å². The van der Waals surface area contributed by atoms with Crippen LogP contribution in [-0.2, 0) is 10.0 Å². The molecule has 5 nitrogen and oxygen atoms in total.